The maximum absolute atomic E-state index is 14.2. The van der Waals surface area contributed by atoms with E-state index in [2.05, 4.69) is 32.1 Å². The number of ether oxygens (including phenoxy) is 1. The first kappa shape index (κ1) is 24.5. The maximum atomic E-state index is 14.2. The number of nitrogens with zero attached hydrogens (tertiary/aromatic N) is 4. The van der Waals surface area contributed by atoms with Crippen LogP contribution in [0.5, 0.6) is 0 Å². The Morgan fingerprint density at radius 1 is 1.41 bits per heavy atom. The van der Waals surface area contributed by atoms with Crippen LogP contribution in [0.15, 0.2) is 36.7 Å². The van der Waals surface area contributed by atoms with Gasteiger partial charge in [-0.05, 0) is 38.1 Å². The van der Waals surface area contributed by atoms with Crippen molar-refractivity contribution in [3.63, 3.8) is 0 Å². The van der Waals surface area contributed by atoms with Crippen LogP contribution in [0, 0.1) is 11.3 Å². The first-order valence-electron chi connectivity index (χ1n) is 11.8. The summed E-state index contributed by atoms with van der Waals surface area (Å²) in [7, 11) is 0. The van der Waals surface area contributed by atoms with Gasteiger partial charge in [-0.1, -0.05) is 0 Å². The lowest BCUT2D eigenvalue weighted by Crippen LogP contribution is -2.53. The molecule has 1 aliphatic heterocycles. The van der Waals surface area contributed by atoms with Crippen LogP contribution >= 0.6 is 0 Å². The molecule has 1 unspecified atom stereocenters. The van der Waals surface area contributed by atoms with Crippen LogP contribution in [0.25, 0.3) is 16.9 Å². The number of anilines is 1. The fourth-order valence-corrected chi connectivity index (χ4v) is 4.57. The van der Waals surface area contributed by atoms with Gasteiger partial charge in [0.1, 0.15) is 17.8 Å². The quantitative estimate of drug-likeness (QED) is 0.379. The summed E-state index contributed by atoms with van der Waals surface area (Å²) in [6.45, 7) is 2.73. The third-order valence-electron chi connectivity index (χ3n) is 6.71. The minimum Gasteiger partial charge on any atom is -0.441 e. The fourth-order valence-electron chi connectivity index (χ4n) is 4.57. The zero-order valence-electron chi connectivity index (χ0n) is 20.3. The van der Waals surface area contributed by atoms with Crippen LogP contribution in [-0.2, 0) is 4.74 Å². The van der Waals surface area contributed by atoms with Crippen molar-refractivity contribution < 1.29 is 23.8 Å². The van der Waals surface area contributed by atoms with Gasteiger partial charge in [-0.3, -0.25) is 9.78 Å². The molecule has 0 radical (unpaired) electrons. The van der Waals surface area contributed by atoms with Crippen molar-refractivity contribution in [1.82, 2.24) is 25.2 Å². The molecule has 1 saturated carbocycles. The SMILES string of the molecule is CC(C)(O)C(F)CNC(=O)c1cnc(-c2ccc3cc(C#N)cnn23)cc1NC1CC2(CNC(=O)O2)C1. The number of hydrogen-bond acceptors (Lipinski definition) is 8. The second-order valence-corrected chi connectivity index (χ2v) is 10.0. The summed E-state index contributed by atoms with van der Waals surface area (Å²) in [5, 5.41) is 31.8. The smallest absolute Gasteiger partial charge is 0.407 e. The highest BCUT2D eigenvalue weighted by Gasteiger charge is 2.51. The van der Waals surface area contributed by atoms with Crippen molar-refractivity contribution in [1.29, 1.82) is 5.26 Å². The Kier molecular flexibility index (Phi) is 5.95. The first-order valence-corrected chi connectivity index (χ1v) is 11.8. The van der Waals surface area contributed by atoms with Gasteiger partial charge in [0.25, 0.3) is 5.91 Å². The van der Waals surface area contributed by atoms with E-state index in [4.69, 9.17) is 10.00 Å². The molecule has 2 fully saturated rings. The standard InChI is InChI=1S/C25H26FN7O4/c1-24(2,36)21(26)12-29-22(34)17-11-28-19(20-4-3-16-5-14(9-27)10-31-33(16)20)6-18(17)32-15-7-25(8-15)13-30-23(35)37-25/h3-6,10-11,15,21,36H,7-8,12-13H2,1-2H3,(H,28,32)(H,29,34)(H,30,35). The molecule has 4 N–H and O–H groups in total. The zero-order valence-corrected chi connectivity index (χ0v) is 20.3. The van der Waals surface area contributed by atoms with E-state index in [1.54, 1.807) is 16.6 Å². The number of aliphatic hydroxyl groups is 1. The zero-order chi connectivity index (χ0) is 26.4. The van der Waals surface area contributed by atoms with Gasteiger partial charge in [-0.2, -0.15) is 10.4 Å². The third-order valence-corrected chi connectivity index (χ3v) is 6.71. The van der Waals surface area contributed by atoms with Gasteiger partial charge in [0, 0.05) is 25.1 Å². The van der Waals surface area contributed by atoms with Crippen LogP contribution in [-0.4, -0.2) is 68.2 Å². The van der Waals surface area contributed by atoms with Crippen LogP contribution in [0.2, 0.25) is 0 Å². The molecule has 1 aliphatic carbocycles. The predicted octanol–water partition coefficient (Wildman–Crippen LogP) is 2.16. The van der Waals surface area contributed by atoms with E-state index in [1.807, 2.05) is 12.1 Å². The number of alkyl carbamates (subject to hydrolysis) is 1. The second kappa shape index (κ2) is 9.01. The average molecular weight is 508 g/mol. The summed E-state index contributed by atoms with van der Waals surface area (Å²) in [6.07, 6.45) is 1.87. The predicted molar refractivity (Wildman–Crippen MR) is 131 cm³/mol. The Morgan fingerprint density at radius 2 is 2.19 bits per heavy atom. The second-order valence-electron chi connectivity index (χ2n) is 10.0. The highest BCUT2D eigenvalue weighted by molar-refractivity contribution is 6.00. The lowest BCUT2D eigenvalue weighted by molar-refractivity contribution is -0.0146. The molecule has 11 nitrogen and oxygen atoms in total. The van der Waals surface area contributed by atoms with E-state index in [1.165, 1.54) is 26.2 Å². The molecule has 0 aromatic carbocycles. The molecule has 3 aromatic rings. The fraction of sp³-hybridized carbons (Fsp3) is 0.400. The largest absolute Gasteiger partial charge is 0.441 e. The molecule has 1 spiro atoms. The Bertz CT molecular complexity index is 1420. The minimum atomic E-state index is -1.66. The molecule has 4 heterocycles. The number of aromatic nitrogens is 3. The Hall–Kier alpha value is -4.24. The van der Waals surface area contributed by atoms with Gasteiger partial charge < -0.3 is 25.8 Å². The number of nitrogens with one attached hydrogen (secondary N) is 3. The number of amides is 2. The molecule has 192 valence electrons. The topological polar surface area (TPSA) is 154 Å². The van der Waals surface area contributed by atoms with Gasteiger partial charge in [0.05, 0.1) is 58.6 Å². The molecule has 2 amide bonds. The number of carbonyl (C=O) groups excluding carboxylic acids is 2. The van der Waals surface area contributed by atoms with E-state index >= 15 is 0 Å². The molecule has 3 aromatic heterocycles. The first-order chi connectivity index (χ1) is 17.6. The van der Waals surface area contributed by atoms with Gasteiger partial charge >= 0.3 is 6.09 Å². The van der Waals surface area contributed by atoms with Gasteiger partial charge in [0.2, 0.25) is 0 Å². The summed E-state index contributed by atoms with van der Waals surface area (Å²) in [6, 6.07) is 9.04. The van der Waals surface area contributed by atoms with Crippen molar-refractivity contribution in [3.05, 3.63) is 47.8 Å². The summed E-state index contributed by atoms with van der Waals surface area (Å²) in [4.78, 5) is 28.9. The molecular formula is C25H26FN7O4. The number of halogens is 1. The number of nitriles is 1. The van der Waals surface area contributed by atoms with E-state index in [0.717, 1.165) is 0 Å². The highest BCUT2D eigenvalue weighted by Crippen LogP contribution is 2.40. The Labute approximate surface area is 211 Å². The number of rotatable bonds is 7. The molecule has 12 heteroatoms. The number of alkyl halides is 1. The van der Waals surface area contributed by atoms with Gasteiger partial charge in [0.15, 0.2) is 0 Å². The summed E-state index contributed by atoms with van der Waals surface area (Å²) < 4.78 is 21.3. The van der Waals surface area contributed by atoms with Crippen molar-refractivity contribution in [2.24, 2.45) is 0 Å². The molecule has 37 heavy (non-hydrogen) atoms. The minimum absolute atomic E-state index is 0.0693. The third kappa shape index (κ3) is 4.77. The Balaban J connectivity index is 1.42. The summed E-state index contributed by atoms with van der Waals surface area (Å²) >= 11 is 0. The van der Waals surface area contributed by atoms with Crippen molar-refractivity contribution >= 4 is 23.2 Å². The molecule has 2 aliphatic rings. The molecular weight excluding hydrogens is 481 g/mol. The number of carbonyl (C=O) groups is 2. The van der Waals surface area contributed by atoms with E-state index in [9.17, 15) is 19.1 Å². The van der Waals surface area contributed by atoms with E-state index in [0.29, 0.717) is 47.5 Å². The van der Waals surface area contributed by atoms with Crippen LogP contribution in [0.1, 0.15) is 42.6 Å². The number of hydrogen-bond donors (Lipinski definition) is 4. The van der Waals surface area contributed by atoms with Crippen LogP contribution in [0.3, 0.4) is 0 Å². The van der Waals surface area contributed by atoms with Gasteiger partial charge in [-0.25, -0.2) is 13.7 Å². The van der Waals surface area contributed by atoms with Gasteiger partial charge in [-0.15, -0.1) is 0 Å². The number of pyridine rings is 1. The molecule has 1 saturated heterocycles. The highest BCUT2D eigenvalue weighted by atomic mass is 19.1. The number of fused-ring (bicyclic) bond motifs is 1. The maximum Gasteiger partial charge on any atom is 0.407 e. The molecule has 0 bridgehead atoms. The monoisotopic (exact) mass is 507 g/mol. The summed E-state index contributed by atoms with van der Waals surface area (Å²) in [5.41, 5.74) is 0.844. The lowest BCUT2D eigenvalue weighted by atomic mass is 9.75. The van der Waals surface area contributed by atoms with Crippen molar-refractivity contribution in [3.8, 4) is 17.5 Å². The van der Waals surface area contributed by atoms with E-state index in [-0.39, 0.29) is 18.2 Å². The average Bonchev–Trinajstić information content (AvgIpc) is 3.44. The van der Waals surface area contributed by atoms with Crippen LogP contribution < -0.4 is 16.0 Å². The van der Waals surface area contributed by atoms with Crippen molar-refractivity contribution in [2.45, 2.75) is 50.1 Å². The van der Waals surface area contributed by atoms with Crippen molar-refractivity contribution in [2.75, 3.05) is 18.4 Å². The van der Waals surface area contributed by atoms with E-state index < -0.39 is 29.4 Å². The lowest BCUT2D eigenvalue weighted by Gasteiger charge is -2.43. The molecule has 5 rings (SSSR count). The normalized spacial score (nSPS) is 21.6. The van der Waals surface area contributed by atoms with Crippen LogP contribution in [0.4, 0.5) is 14.9 Å². The molecule has 1 atom stereocenters. The Morgan fingerprint density at radius 3 is 2.86 bits per heavy atom. The summed E-state index contributed by atoms with van der Waals surface area (Å²) in [5.74, 6) is -0.548.